The van der Waals surface area contributed by atoms with Crippen molar-refractivity contribution in [3.63, 3.8) is 0 Å². The fraction of sp³-hybridized carbons (Fsp3) is 0.250. The largest absolute Gasteiger partial charge is 0.504 e. The Bertz CT molecular complexity index is 806. The first-order chi connectivity index (χ1) is 13.0. The Morgan fingerprint density at radius 1 is 1.00 bits per heavy atom. The number of aromatic hydroxyl groups is 2. The zero-order chi connectivity index (χ0) is 19.8. The molecule has 0 bridgehead atoms. The first-order valence-corrected chi connectivity index (χ1v) is 8.25. The van der Waals surface area contributed by atoms with Gasteiger partial charge in [-0.15, -0.1) is 0 Å². The summed E-state index contributed by atoms with van der Waals surface area (Å²) in [5.74, 6) is 0.644. The van der Waals surface area contributed by atoms with Crippen molar-refractivity contribution in [3.05, 3.63) is 47.5 Å². The Labute approximate surface area is 157 Å². The van der Waals surface area contributed by atoms with Crippen LogP contribution in [0.4, 0.5) is 0 Å². The van der Waals surface area contributed by atoms with Gasteiger partial charge in [-0.25, -0.2) is 0 Å². The predicted molar refractivity (Wildman–Crippen MR) is 102 cm³/mol. The number of rotatable bonds is 8. The van der Waals surface area contributed by atoms with Crippen molar-refractivity contribution in [2.24, 2.45) is 0 Å². The van der Waals surface area contributed by atoms with E-state index in [1.807, 2.05) is 0 Å². The molecule has 2 aromatic rings. The number of nitrogens with one attached hydrogen (secondary N) is 1. The Kier molecular flexibility index (Phi) is 6.93. The van der Waals surface area contributed by atoms with Crippen LogP contribution in [-0.2, 0) is 11.2 Å². The summed E-state index contributed by atoms with van der Waals surface area (Å²) in [5.41, 5.74) is 1.59. The van der Waals surface area contributed by atoms with Gasteiger partial charge in [0, 0.05) is 12.6 Å². The molecule has 3 N–H and O–H groups in total. The average Bonchev–Trinajstić information content (AvgIpc) is 2.68. The van der Waals surface area contributed by atoms with Crippen LogP contribution in [0.2, 0.25) is 0 Å². The molecule has 7 heteroatoms. The number of methoxy groups -OCH3 is 3. The predicted octanol–water partition coefficient (Wildman–Crippen LogP) is 2.50. The molecule has 0 atom stereocenters. The second-order valence-corrected chi connectivity index (χ2v) is 5.65. The minimum Gasteiger partial charge on any atom is -0.504 e. The topological polar surface area (TPSA) is 97.3 Å². The number of hydrogen-bond acceptors (Lipinski definition) is 6. The molecule has 0 aliphatic carbocycles. The van der Waals surface area contributed by atoms with Crippen LogP contribution in [-0.4, -0.2) is 44.0 Å². The van der Waals surface area contributed by atoms with Crippen LogP contribution in [0.1, 0.15) is 11.1 Å². The Balaban J connectivity index is 1.94. The lowest BCUT2D eigenvalue weighted by molar-refractivity contribution is -0.116. The van der Waals surface area contributed by atoms with Gasteiger partial charge >= 0.3 is 0 Å². The van der Waals surface area contributed by atoms with Crippen LogP contribution in [0, 0.1) is 0 Å². The van der Waals surface area contributed by atoms with E-state index in [4.69, 9.17) is 14.2 Å². The van der Waals surface area contributed by atoms with Crippen LogP contribution < -0.4 is 19.5 Å². The second kappa shape index (κ2) is 9.38. The van der Waals surface area contributed by atoms with E-state index in [-0.39, 0.29) is 28.9 Å². The third-order valence-electron chi connectivity index (χ3n) is 3.89. The minimum absolute atomic E-state index is 0.0768. The molecule has 1 amide bonds. The molecule has 0 spiro atoms. The van der Waals surface area contributed by atoms with E-state index in [1.165, 1.54) is 27.4 Å². The van der Waals surface area contributed by atoms with Crippen molar-refractivity contribution >= 4 is 12.0 Å². The quantitative estimate of drug-likeness (QED) is 0.615. The molecule has 0 saturated carbocycles. The van der Waals surface area contributed by atoms with Crippen molar-refractivity contribution in [1.29, 1.82) is 0 Å². The van der Waals surface area contributed by atoms with Gasteiger partial charge < -0.3 is 29.7 Å². The van der Waals surface area contributed by atoms with Crippen LogP contribution in [0.5, 0.6) is 28.7 Å². The van der Waals surface area contributed by atoms with Crippen LogP contribution in [0.25, 0.3) is 6.08 Å². The summed E-state index contributed by atoms with van der Waals surface area (Å²) in [6, 6.07) is 8.26. The van der Waals surface area contributed by atoms with Crippen LogP contribution >= 0.6 is 0 Å². The van der Waals surface area contributed by atoms with E-state index in [0.29, 0.717) is 24.3 Å². The molecule has 0 aliphatic rings. The zero-order valence-electron chi connectivity index (χ0n) is 15.5. The van der Waals surface area contributed by atoms with Gasteiger partial charge in [0.25, 0.3) is 0 Å². The molecule has 0 heterocycles. The molecule has 0 radical (unpaired) electrons. The maximum Gasteiger partial charge on any atom is 0.244 e. The van der Waals surface area contributed by atoms with Gasteiger partial charge in [-0.1, -0.05) is 6.07 Å². The maximum atomic E-state index is 12.0. The lowest BCUT2D eigenvalue weighted by atomic mass is 10.1. The highest BCUT2D eigenvalue weighted by molar-refractivity contribution is 5.91. The average molecular weight is 373 g/mol. The molecule has 0 unspecified atom stereocenters. The number of phenolic OH excluding ortho intramolecular Hbond substituents is 2. The summed E-state index contributed by atoms with van der Waals surface area (Å²) < 4.78 is 15.2. The molecule has 2 aromatic carbocycles. The SMILES string of the molecule is COc1cc(CCNC(=O)/C=C/c2cc(OC)c(O)c(OC)c2)ccc1O. The third-order valence-corrected chi connectivity index (χ3v) is 3.89. The van der Waals surface area contributed by atoms with E-state index < -0.39 is 0 Å². The van der Waals surface area contributed by atoms with E-state index >= 15 is 0 Å². The van der Waals surface area contributed by atoms with Gasteiger partial charge in [-0.3, -0.25) is 4.79 Å². The van der Waals surface area contributed by atoms with Crippen molar-refractivity contribution in [1.82, 2.24) is 5.32 Å². The monoisotopic (exact) mass is 373 g/mol. The van der Waals surface area contributed by atoms with Crippen LogP contribution in [0.15, 0.2) is 36.4 Å². The van der Waals surface area contributed by atoms with Gasteiger partial charge in [0.2, 0.25) is 11.7 Å². The summed E-state index contributed by atoms with van der Waals surface area (Å²) in [4.78, 5) is 12.0. The molecule has 144 valence electrons. The smallest absolute Gasteiger partial charge is 0.244 e. The van der Waals surface area contributed by atoms with Crippen molar-refractivity contribution < 1.29 is 29.2 Å². The van der Waals surface area contributed by atoms with Gasteiger partial charge in [0.1, 0.15) is 0 Å². The number of benzene rings is 2. The summed E-state index contributed by atoms with van der Waals surface area (Å²) in [6.45, 7) is 0.430. The molecule has 7 nitrogen and oxygen atoms in total. The van der Waals surface area contributed by atoms with Gasteiger partial charge in [-0.05, 0) is 47.9 Å². The molecule has 0 aromatic heterocycles. The molecule has 0 saturated heterocycles. The van der Waals surface area contributed by atoms with Crippen molar-refractivity contribution in [2.45, 2.75) is 6.42 Å². The normalized spacial score (nSPS) is 10.6. The number of amides is 1. The van der Waals surface area contributed by atoms with E-state index in [1.54, 1.807) is 36.4 Å². The van der Waals surface area contributed by atoms with Gasteiger partial charge in [0.15, 0.2) is 23.0 Å². The van der Waals surface area contributed by atoms with E-state index in [9.17, 15) is 15.0 Å². The molecule has 27 heavy (non-hydrogen) atoms. The standard InChI is InChI=1S/C20H23NO6/c1-25-16-10-13(4-6-15(16)22)8-9-21-19(23)7-5-14-11-17(26-2)20(24)18(12-14)27-3/h4-7,10-12,22,24H,8-9H2,1-3H3,(H,21,23)/b7-5+. The molecule has 0 fully saturated rings. The van der Waals surface area contributed by atoms with Gasteiger partial charge in [-0.2, -0.15) is 0 Å². The Morgan fingerprint density at radius 2 is 1.63 bits per heavy atom. The molecule has 0 aliphatic heterocycles. The molecular weight excluding hydrogens is 350 g/mol. The lowest BCUT2D eigenvalue weighted by Gasteiger charge is -2.09. The first kappa shape index (κ1) is 20.0. The maximum absolute atomic E-state index is 12.0. The number of ether oxygens (including phenoxy) is 3. The highest BCUT2D eigenvalue weighted by Gasteiger charge is 2.10. The van der Waals surface area contributed by atoms with E-state index in [0.717, 1.165) is 5.56 Å². The summed E-state index contributed by atoms with van der Waals surface area (Å²) in [5, 5.41) is 22.3. The second-order valence-electron chi connectivity index (χ2n) is 5.65. The van der Waals surface area contributed by atoms with Crippen molar-refractivity contribution in [2.75, 3.05) is 27.9 Å². The van der Waals surface area contributed by atoms with Gasteiger partial charge in [0.05, 0.1) is 21.3 Å². The third kappa shape index (κ3) is 5.31. The van der Waals surface area contributed by atoms with Crippen molar-refractivity contribution in [3.8, 4) is 28.7 Å². The molecular formula is C20H23NO6. The summed E-state index contributed by atoms with van der Waals surface area (Å²) in [7, 11) is 4.36. The van der Waals surface area contributed by atoms with E-state index in [2.05, 4.69) is 5.32 Å². The lowest BCUT2D eigenvalue weighted by Crippen LogP contribution is -2.23. The Hall–Kier alpha value is -3.35. The minimum atomic E-state index is -0.258. The number of carbonyl (C=O) groups is 1. The highest BCUT2D eigenvalue weighted by Crippen LogP contribution is 2.37. The van der Waals surface area contributed by atoms with Crippen LogP contribution in [0.3, 0.4) is 0 Å². The fourth-order valence-electron chi connectivity index (χ4n) is 2.45. The molecule has 2 rings (SSSR count). The fourth-order valence-corrected chi connectivity index (χ4v) is 2.45. The number of carbonyl (C=O) groups excluding carboxylic acids is 1. The summed E-state index contributed by atoms with van der Waals surface area (Å²) >= 11 is 0. The Morgan fingerprint density at radius 3 is 2.22 bits per heavy atom. The number of hydrogen-bond donors (Lipinski definition) is 3. The number of phenols is 2. The highest BCUT2D eigenvalue weighted by atomic mass is 16.5. The zero-order valence-corrected chi connectivity index (χ0v) is 15.5. The first-order valence-electron chi connectivity index (χ1n) is 8.25. The summed E-state index contributed by atoms with van der Waals surface area (Å²) in [6.07, 6.45) is 3.59.